The third kappa shape index (κ3) is 3.29. The summed E-state index contributed by atoms with van der Waals surface area (Å²) in [6, 6.07) is 8.02. The summed E-state index contributed by atoms with van der Waals surface area (Å²) in [4.78, 5) is 31.2. The van der Waals surface area contributed by atoms with E-state index in [-0.39, 0.29) is 11.5 Å². The van der Waals surface area contributed by atoms with Crippen LogP contribution in [0.25, 0.3) is 10.2 Å². The smallest absolute Gasteiger partial charge is 0.262 e. The number of hydrogen-bond acceptors (Lipinski definition) is 5. The molecule has 0 saturated carbocycles. The number of halogens is 1. The van der Waals surface area contributed by atoms with Gasteiger partial charge in [0.15, 0.2) is 0 Å². The first-order valence-corrected chi connectivity index (χ1v) is 10.6. The number of thiophene rings is 1. The van der Waals surface area contributed by atoms with Gasteiger partial charge in [0, 0.05) is 24.7 Å². The standard InChI is InChI=1S/C20H20BrN3O3S/c1-12-15-18(22-11-24(2)19(15)26)28-16(12)17(25)23-20(6-8-27-9-7-20)13-4-3-5-14(21)10-13/h3-5,10-11H,6-9H2,1-2H3,(H,23,25). The fraction of sp³-hybridized carbons (Fsp3) is 0.350. The average Bonchev–Trinajstić information content (AvgIpc) is 3.03. The first kappa shape index (κ1) is 19.3. The molecule has 1 fully saturated rings. The van der Waals surface area contributed by atoms with Gasteiger partial charge in [0.2, 0.25) is 0 Å². The minimum atomic E-state index is -0.500. The van der Waals surface area contributed by atoms with Gasteiger partial charge in [0.1, 0.15) is 4.83 Å². The van der Waals surface area contributed by atoms with Crippen molar-refractivity contribution in [1.29, 1.82) is 0 Å². The van der Waals surface area contributed by atoms with Crippen LogP contribution in [0.2, 0.25) is 0 Å². The largest absolute Gasteiger partial charge is 0.381 e. The second-order valence-corrected chi connectivity index (χ2v) is 8.97. The van der Waals surface area contributed by atoms with Crippen molar-refractivity contribution < 1.29 is 9.53 Å². The number of carbonyl (C=O) groups excluding carboxylic acids is 1. The molecule has 3 aromatic rings. The molecule has 0 spiro atoms. The van der Waals surface area contributed by atoms with Crippen molar-refractivity contribution >= 4 is 43.4 Å². The molecule has 1 amide bonds. The predicted octanol–water partition coefficient (Wildman–Crippen LogP) is 3.50. The van der Waals surface area contributed by atoms with Crippen molar-refractivity contribution in [3.63, 3.8) is 0 Å². The van der Waals surface area contributed by atoms with Gasteiger partial charge >= 0.3 is 0 Å². The van der Waals surface area contributed by atoms with Crippen molar-refractivity contribution in [3.05, 3.63) is 61.4 Å². The number of nitrogens with one attached hydrogen (secondary N) is 1. The molecule has 0 unspecified atom stereocenters. The quantitative estimate of drug-likeness (QED) is 0.647. The fourth-order valence-electron chi connectivity index (χ4n) is 3.69. The summed E-state index contributed by atoms with van der Waals surface area (Å²) in [6.07, 6.45) is 2.88. The summed E-state index contributed by atoms with van der Waals surface area (Å²) in [7, 11) is 1.66. The number of amides is 1. The Balaban J connectivity index is 1.75. The molecular formula is C20H20BrN3O3S. The number of nitrogens with zero attached hydrogens (tertiary/aromatic N) is 2. The van der Waals surface area contributed by atoms with E-state index in [0.29, 0.717) is 46.7 Å². The number of benzene rings is 1. The van der Waals surface area contributed by atoms with Crippen LogP contribution in [0.3, 0.4) is 0 Å². The third-order valence-electron chi connectivity index (χ3n) is 5.29. The zero-order valence-electron chi connectivity index (χ0n) is 15.6. The highest BCUT2D eigenvalue weighted by atomic mass is 79.9. The Hall–Kier alpha value is -2.03. The molecule has 1 aliphatic rings. The molecule has 1 aliphatic heterocycles. The molecule has 1 N–H and O–H groups in total. The van der Waals surface area contributed by atoms with Crippen LogP contribution in [0.5, 0.6) is 0 Å². The predicted molar refractivity (Wildman–Crippen MR) is 113 cm³/mol. The summed E-state index contributed by atoms with van der Waals surface area (Å²) in [6.45, 7) is 2.98. The minimum absolute atomic E-state index is 0.134. The lowest BCUT2D eigenvalue weighted by molar-refractivity contribution is 0.0346. The molecule has 4 rings (SSSR count). The van der Waals surface area contributed by atoms with Crippen LogP contribution in [0.4, 0.5) is 0 Å². The van der Waals surface area contributed by atoms with E-state index in [0.717, 1.165) is 10.0 Å². The van der Waals surface area contributed by atoms with Crippen molar-refractivity contribution in [2.24, 2.45) is 7.05 Å². The van der Waals surface area contributed by atoms with Crippen LogP contribution >= 0.6 is 27.3 Å². The van der Waals surface area contributed by atoms with Crippen LogP contribution in [-0.2, 0) is 17.3 Å². The van der Waals surface area contributed by atoms with E-state index in [1.54, 1.807) is 7.05 Å². The highest BCUT2D eigenvalue weighted by molar-refractivity contribution is 9.10. The van der Waals surface area contributed by atoms with Gasteiger partial charge in [-0.25, -0.2) is 4.98 Å². The summed E-state index contributed by atoms with van der Waals surface area (Å²) >= 11 is 4.79. The molecule has 146 valence electrons. The lowest BCUT2D eigenvalue weighted by Crippen LogP contribution is -2.49. The Kier molecular flexibility index (Phi) is 5.11. The second-order valence-electron chi connectivity index (χ2n) is 7.06. The Morgan fingerprint density at radius 1 is 1.36 bits per heavy atom. The SMILES string of the molecule is Cc1c(C(=O)NC2(c3cccc(Br)c3)CCOCC2)sc2ncn(C)c(=O)c12. The van der Waals surface area contributed by atoms with Gasteiger partial charge in [-0.1, -0.05) is 28.1 Å². The monoisotopic (exact) mass is 461 g/mol. The number of carbonyl (C=O) groups is 1. The maximum atomic E-state index is 13.3. The van der Waals surface area contributed by atoms with Crippen LogP contribution in [0.15, 0.2) is 39.9 Å². The third-order valence-corrected chi connectivity index (χ3v) is 6.99. The van der Waals surface area contributed by atoms with Crippen LogP contribution in [0, 0.1) is 6.92 Å². The molecule has 2 aromatic heterocycles. The summed E-state index contributed by atoms with van der Waals surface area (Å²) in [5.41, 5.74) is 1.10. The van der Waals surface area contributed by atoms with Crippen molar-refractivity contribution in [1.82, 2.24) is 14.9 Å². The minimum Gasteiger partial charge on any atom is -0.381 e. The number of rotatable bonds is 3. The first-order valence-electron chi connectivity index (χ1n) is 9.02. The summed E-state index contributed by atoms with van der Waals surface area (Å²) in [5.74, 6) is -0.176. The van der Waals surface area contributed by atoms with E-state index in [1.807, 2.05) is 31.2 Å². The van der Waals surface area contributed by atoms with Crippen LogP contribution in [-0.4, -0.2) is 28.7 Å². The Morgan fingerprint density at radius 3 is 2.82 bits per heavy atom. The zero-order chi connectivity index (χ0) is 19.9. The van der Waals surface area contributed by atoms with E-state index in [4.69, 9.17) is 4.74 Å². The molecule has 3 heterocycles. The topological polar surface area (TPSA) is 73.2 Å². The Bertz CT molecular complexity index is 1120. The second kappa shape index (κ2) is 7.42. The highest BCUT2D eigenvalue weighted by Crippen LogP contribution is 2.35. The fourth-order valence-corrected chi connectivity index (χ4v) is 5.13. The van der Waals surface area contributed by atoms with E-state index in [1.165, 1.54) is 22.2 Å². The van der Waals surface area contributed by atoms with Crippen molar-refractivity contribution in [2.45, 2.75) is 25.3 Å². The van der Waals surface area contributed by atoms with Gasteiger partial charge in [-0.05, 0) is 43.0 Å². The van der Waals surface area contributed by atoms with Gasteiger partial charge in [-0.2, -0.15) is 0 Å². The van der Waals surface area contributed by atoms with Crippen molar-refractivity contribution in [3.8, 4) is 0 Å². The van der Waals surface area contributed by atoms with Gasteiger partial charge in [-0.3, -0.25) is 9.59 Å². The Morgan fingerprint density at radius 2 is 2.11 bits per heavy atom. The van der Waals surface area contributed by atoms with Crippen LogP contribution < -0.4 is 10.9 Å². The maximum absolute atomic E-state index is 13.3. The number of aryl methyl sites for hydroxylation is 2. The first-order chi connectivity index (χ1) is 13.4. The van der Waals surface area contributed by atoms with Gasteiger partial charge in [-0.15, -0.1) is 11.3 Å². The van der Waals surface area contributed by atoms with Gasteiger partial charge < -0.3 is 14.6 Å². The molecule has 0 radical (unpaired) electrons. The maximum Gasteiger partial charge on any atom is 0.262 e. The lowest BCUT2D eigenvalue weighted by Gasteiger charge is -2.38. The van der Waals surface area contributed by atoms with E-state index in [9.17, 15) is 9.59 Å². The zero-order valence-corrected chi connectivity index (χ0v) is 18.0. The normalized spacial score (nSPS) is 16.2. The molecule has 1 saturated heterocycles. The molecule has 6 nitrogen and oxygen atoms in total. The molecule has 0 atom stereocenters. The Labute approximate surface area is 174 Å². The molecule has 0 aliphatic carbocycles. The highest BCUT2D eigenvalue weighted by Gasteiger charge is 2.37. The summed E-state index contributed by atoms with van der Waals surface area (Å²) in [5, 5.41) is 3.78. The van der Waals surface area contributed by atoms with Gasteiger partial charge in [0.25, 0.3) is 11.5 Å². The number of aromatic nitrogens is 2. The molecule has 28 heavy (non-hydrogen) atoms. The summed E-state index contributed by atoms with van der Waals surface area (Å²) < 4.78 is 7.95. The number of fused-ring (bicyclic) bond motifs is 1. The van der Waals surface area contributed by atoms with Crippen LogP contribution in [0.1, 0.15) is 33.6 Å². The van der Waals surface area contributed by atoms with Crippen molar-refractivity contribution in [2.75, 3.05) is 13.2 Å². The lowest BCUT2D eigenvalue weighted by atomic mass is 9.82. The number of hydrogen-bond donors (Lipinski definition) is 1. The van der Waals surface area contributed by atoms with Gasteiger partial charge in [0.05, 0.1) is 22.1 Å². The molecule has 8 heteroatoms. The van der Waals surface area contributed by atoms with E-state index in [2.05, 4.69) is 26.2 Å². The number of ether oxygens (including phenoxy) is 1. The molecule has 1 aromatic carbocycles. The van der Waals surface area contributed by atoms with E-state index >= 15 is 0 Å². The van der Waals surface area contributed by atoms with E-state index < -0.39 is 5.54 Å². The molecular weight excluding hydrogens is 442 g/mol. The molecule has 0 bridgehead atoms. The average molecular weight is 462 g/mol.